The number of aliphatic hydroxyl groups is 3. The van der Waals surface area contributed by atoms with Gasteiger partial charge in [-0.25, -0.2) is 0 Å². The zero-order valence-corrected chi connectivity index (χ0v) is 5.11. The molecule has 1 saturated heterocycles. The molecule has 0 spiro atoms. The fraction of sp³-hybridized carbons (Fsp3) is 1.00. The van der Waals surface area contributed by atoms with Crippen LogP contribution in [0, 0.1) is 0 Å². The van der Waals surface area contributed by atoms with Gasteiger partial charge in [0, 0.05) is 0 Å². The van der Waals surface area contributed by atoms with Crippen molar-refractivity contribution in [3.8, 4) is 0 Å². The van der Waals surface area contributed by atoms with Crippen LogP contribution in [0.15, 0.2) is 0 Å². The summed E-state index contributed by atoms with van der Waals surface area (Å²) >= 11 is 0. The van der Waals surface area contributed by atoms with Crippen LogP contribution in [-0.2, 0) is 4.74 Å². The van der Waals surface area contributed by atoms with Gasteiger partial charge in [0.1, 0.15) is 11.7 Å². The maximum atomic E-state index is 9.11. The Morgan fingerprint density at radius 3 is 2.22 bits per heavy atom. The highest BCUT2D eigenvalue weighted by Crippen LogP contribution is 2.23. The third kappa shape index (κ3) is 0.943. The predicted molar refractivity (Wildman–Crippen MR) is 28.6 cm³/mol. The zero-order chi connectivity index (χ0) is 7.07. The van der Waals surface area contributed by atoms with Crippen LogP contribution in [0.2, 0.25) is 0 Å². The summed E-state index contributed by atoms with van der Waals surface area (Å²) in [4.78, 5) is 0. The molecule has 0 aromatic heterocycles. The first-order valence-corrected chi connectivity index (χ1v) is 2.75. The first-order valence-electron chi connectivity index (χ1n) is 2.75. The number of ether oxygens (including phenoxy) is 1. The Hall–Kier alpha value is -0.160. The van der Waals surface area contributed by atoms with E-state index in [-0.39, 0.29) is 6.61 Å². The van der Waals surface area contributed by atoms with E-state index < -0.39 is 18.0 Å². The quantitative estimate of drug-likeness (QED) is 0.375. The minimum atomic E-state index is -1.50. The van der Waals surface area contributed by atoms with Crippen molar-refractivity contribution in [1.82, 2.24) is 0 Å². The summed E-state index contributed by atoms with van der Waals surface area (Å²) in [6.45, 7) is 1.32. The number of aliphatic hydroxyl groups excluding tert-OH is 2. The molecule has 0 aromatic carbocycles. The van der Waals surface area contributed by atoms with E-state index in [4.69, 9.17) is 15.3 Å². The first-order chi connectivity index (χ1) is 4.05. The summed E-state index contributed by atoms with van der Waals surface area (Å²) in [5.41, 5.74) is -1.50. The van der Waals surface area contributed by atoms with Gasteiger partial charge in [-0.3, -0.25) is 0 Å². The van der Waals surface area contributed by atoms with E-state index in [2.05, 4.69) is 4.74 Å². The monoisotopic (exact) mass is 134 g/mol. The van der Waals surface area contributed by atoms with Crippen LogP contribution in [0.3, 0.4) is 0 Å². The molecule has 1 aliphatic rings. The lowest BCUT2D eigenvalue weighted by atomic mass is 10.0. The molecule has 3 atom stereocenters. The molecule has 0 aromatic rings. The van der Waals surface area contributed by atoms with Gasteiger partial charge >= 0.3 is 0 Å². The fourth-order valence-electron chi connectivity index (χ4n) is 0.684. The van der Waals surface area contributed by atoms with E-state index in [0.29, 0.717) is 0 Å². The minimum absolute atomic E-state index is 0.00579. The van der Waals surface area contributed by atoms with Crippen LogP contribution in [0.25, 0.3) is 0 Å². The topological polar surface area (TPSA) is 69.9 Å². The molecule has 0 aliphatic carbocycles. The Morgan fingerprint density at radius 2 is 2.11 bits per heavy atom. The number of rotatable bonds is 0. The Bertz CT molecular complexity index is 99.5. The molecule has 1 fully saturated rings. The maximum Gasteiger partial charge on any atom is 0.186 e. The minimum Gasteiger partial charge on any atom is -0.388 e. The van der Waals surface area contributed by atoms with E-state index in [9.17, 15) is 0 Å². The number of hydrogen-bond donors (Lipinski definition) is 3. The smallest absolute Gasteiger partial charge is 0.186 e. The van der Waals surface area contributed by atoms with E-state index in [1.54, 1.807) is 0 Å². The molecule has 4 nitrogen and oxygen atoms in total. The van der Waals surface area contributed by atoms with Crippen molar-refractivity contribution in [2.45, 2.75) is 24.9 Å². The van der Waals surface area contributed by atoms with Crippen LogP contribution in [0.1, 0.15) is 6.92 Å². The normalized spacial score (nSPS) is 52.0. The average molecular weight is 134 g/mol. The zero-order valence-electron chi connectivity index (χ0n) is 5.11. The van der Waals surface area contributed by atoms with E-state index in [1.165, 1.54) is 6.92 Å². The van der Waals surface area contributed by atoms with Gasteiger partial charge < -0.3 is 20.1 Å². The first kappa shape index (κ1) is 6.95. The molecule has 0 amide bonds. The van der Waals surface area contributed by atoms with Crippen molar-refractivity contribution in [2.75, 3.05) is 6.61 Å². The molecule has 0 radical (unpaired) electrons. The molecule has 0 bridgehead atoms. The third-order valence-corrected chi connectivity index (χ3v) is 1.59. The van der Waals surface area contributed by atoms with Gasteiger partial charge in [-0.1, -0.05) is 0 Å². The highest BCUT2D eigenvalue weighted by molar-refractivity contribution is 4.89. The standard InChI is InChI=1S/C5H10O4/c1-5(8)3(6)2-9-4(5)7/h3-4,6-8H,2H2,1H3/t3-,4?,5-/m1/s1. The molecule has 54 valence electrons. The van der Waals surface area contributed by atoms with E-state index >= 15 is 0 Å². The fourth-order valence-corrected chi connectivity index (χ4v) is 0.684. The Labute approximate surface area is 52.7 Å². The van der Waals surface area contributed by atoms with E-state index in [1.807, 2.05) is 0 Å². The van der Waals surface area contributed by atoms with Crippen LogP contribution >= 0.6 is 0 Å². The molecule has 1 rings (SSSR count). The lowest BCUT2D eigenvalue weighted by Gasteiger charge is -2.21. The second-order valence-corrected chi connectivity index (χ2v) is 2.43. The lowest BCUT2D eigenvalue weighted by molar-refractivity contribution is -0.162. The van der Waals surface area contributed by atoms with Gasteiger partial charge in [-0.05, 0) is 6.92 Å². The Morgan fingerprint density at radius 1 is 1.56 bits per heavy atom. The number of hydrogen-bond acceptors (Lipinski definition) is 4. The largest absolute Gasteiger partial charge is 0.388 e. The van der Waals surface area contributed by atoms with Crippen LogP contribution in [0.4, 0.5) is 0 Å². The lowest BCUT2D eigenvalue weighted by Crippen LogP contribution is -2.43. The van der Waals surface area contributed by atoms with Gasteiger partial charge in [-0.15, -0.1) is 0 Å². The SMILES string of the molecule is C[C@]1(O)C(O)OC[C@H]1O. The van der Waals surface area contributed by atoms with Crippen molar-refractivity contribution >= 4 is 0 Å². The molecule has 9 heavy (non-hydrogen) atoms. The van der Waals surface area contributed by atoms with Gasteiger partial charge in [0.25, 0.3) is 0 Å². The van der Waals surface area contributed by atoms with Crippen LogP contribution in [-0.4, -0.2) is 39.9 Å². The van der Waals surface area contributed by atoms with Crippen LogP contribution in [0.5, 0.6) is 0 Å². The maximum absolute atomic E-state index is 9.11. The molecule has 1 heterocycles. The predicted octanol–water partition coefficient (Wildman–Crippen LogP) is -1.55. The molecular formula is C5H10O4. The van der Waals surface area contributed by atoms with Gasteiger partial charge in [-0.2, -0.15) is 0 Å². The summed E-state index contributed by atoms with van der Waals surface area (Å²) in [7, 11) is 0. The van der Waals surface area contributed by atoms with Gasteiger partial charge in [0.15, 0.2) is 6.29 Å². The summed E-state index contributed by atoms with van der Waals surface area (Å²) in [6, 6.07) is 0. The second-order valence-electron chi connectivity index (χ2n) is 2.43. The molecular weight excluding hydrogens is 124 g/mol. The summed E-state index contributed by atoms with van der Waals surface area (Å²) < 4.78 is 4.54. The van der Waals surface area contributed by atoms with Crippen molar-refractivity contribution in [3.05, 3.63) is 0 Å². The molecule has 1 aliphatic heterocycles. The van der Waals surface area contributed by atoms with Crippen molar-refractivity contribution < 1.29 is 20.1 Å². The third-order valence-electron chi connectivity index (χ3n) is 1.59. The molecule has 1 unspecified atom stereocenters. The molecule has 0 saturated carbocycles. The summed E-state index contributed by atoms with van der Waals surface area (Å²) in [5, 5.41) is 26.8. The summed E-state index contributed by atoms with van der Waals surface area (Å²) in [6.07, 6.45) is -2.24. The van der Waals surface area contributed by atoms with Gasteiger partial charge in [0.05, 0.1) is 6.61 Å². The van der Waals surface area contributed by atoms with Crippen LogP contribution < -0.4 is 0 Å². The van der Waals surface area contributed by atoms with Crippen molar-refractivity contribution in [1.29, 1.82) is 0 Å². The molecule has 3 N–H and O–H groups in total. The van der Waals surface area contributed by atoms with Gasteiger partial charge in [0.2, 0.25) is 0 Å². The highest BCUT2D eigenvalue weighted by atomic mass is 16.6. The van der Waals surface area contributed by atoms with Crippen molar-refractivity contribution in [3.63, 3.8) is 0 Å². The highest BCUT2D eigenvalue weighted by Gasteiger charge is 2.44. The summed E-state index contributed by atoms with van der Waals surface area (Å²) in [5.74, 6) is 0. The Kier molecular flexibility index (Phi) is 1.48. The second kappa shape index (κ2) is 1.91. The average Bonchev–Trinajstić information content (AvgIpc) is 1.96. The molecule has 4 heteroatoms. The van der Waals surface area contributed by atoms with E-state index in [0.717, 1.165) is 0 Å². The van der Waals surface area contributed by atoms with Crippen molar-refractivity contribution in [2.24, 2.45) is 0 Å². The Balaban J connectivity index is 2.66.